The first-order chi connectivity index (χ1) is 9.22. The Balaban J connectivity index is 2.08. The van der Waals surface area contributed by atoms with Crippen molar-refractivity contribution in [3.8, 4) is 11.8 Å². The highest BCUT2D eigenvalue weighted by molar-refractivity contribution is 9.10. The number of ether oxygens (including phenoxy) is 1. The molecule has 0 amide bonds. The molecule has 0 saturated heterocycles. The molecule has 0 aliphatic rings. The molecule has 2 aromatic carbocycles. The van der Waals surface area contributed by atoms with Crippen molar-refractivity contribution in [2.75, 3.05) is 7.11 Å². The van der Waals surface area contributed by atoms with Crippen LogP contribution in [-0.4, -0.2) is 7.11 Å². The van der Waals surface area contributed by atoms with Gasteiger partial charge in [0.25, 0.3) is 0 Å². The Morgan fingerprint density at radius 3 is 2.58 bits per heavy atom. The Morgan fingerprint density at radius 1 is 1.21 bits per heavy atom. The normalized spacial score (nSPS) is 9.95. The van der Waals surface area contributed by atoms with Gasteiger partial charge in [0.05, 0.1) is 12.7 Å². The molecule has 0 spiro atoms. The summed E-state index contributed by atoms with van der Waals surface area (Å²) in [7, 11) is 1.58. The van der Waals surface area contributed by atoms with Crippen LogP contribution in [0.15, 0.2) is 51.8 Å². The lowest BCUT2D eigenvalue weighted by atomic mass is 10.1. The van der Waals surface area contributed by atoms with Crippen LogP contribution in [0.1, 0.15) is 11.1 Å². The van der Waals surface area contributed by atoms with E-state index in [2.05, 4.69) is 34.1 Å². The van der Waals surface area contributed by atoms with E-state index in [1.807, 2.05) is 30.3 Å². The number of nitrogens with zero attached hydrogens (tertiary/aromatic N) is 1. The third-order valence-electron chi connectivity index (χ3n) is 2.60. The van der Waals surface area contributed by atoms with Crippen LogP contribution in [0.25, 0.3) is 0 Å². The lowest BCUT2D eigenvalue weighted by Crippen LogP contribution is -1.90. The molecule has 2 rings (SSSR count). The predicted octanol–water partition coefficient (Wildman–Crippen LogP) is 4.62. The Kier molecular flexibility index (Phi) is 4.89. The van der Waals surface area contributed by atoms with E-state index in [0.717, 1.165) is 15.8 Å². The Labute approximate surface area is 125 Å². The van der Waals surface area contributed by atoms with Crippen LogP contribution in [0.2, 0.25) is 0 Å². The minimum Gasteiger partial charge on any atom is -0.495 e. The molecule has 4 heteroatoms. The van der Waals surface area contributed by atoms with Crippen LogP contribution >= 0.6 is 27.7 Å². The van der Waals surface area contributed by atoms with Crippen LogP contribution in [-0.2, 0) is 5.75 Å². The highest BCUT2D eigenvalue weighted by Gasteiger charge is 2.04. The summed E-state index contributed by atoms with van der Waals surface area (Å²) in [4.78, 5) is 1.21. The zero-order valence-corrected chi connectivity index (χ0v) is 12.8. The van der Waals surface area contributed by atoms with Crippen molar-refractivity contribution in [2.45, 2.75) is 10.6 Å². The number of benzene rings is 2. The molecule has 0 bridgehead atoms. The van der Waals surface area contributed by atoms with Crippen LogP contribution in [0.3, 0.4) is 0 Å². The summed E-state index contributed by atoms with van der Waals surface area (Å²) in [5, 5.41) is 9.05. The first-order valence-corrected chi connectivity index (χ1v) is 7.46. The minimum atomic E-state index is 0.580. The Bertz CT molecular complexity index is 605. The van der Waals surface area contributed by atoms with Crippen molar-refractivity contribution in [3.63, 3.8) is 0 Å². The molecule has 96 valence electrons. The van der Waals surface area contributed by atoms with Crippen molar-refractivity contribution in [1.29, 1.82) is 5.26 Å². The van der Waals surface area contributed by atoms with E-state index >= 15 is 0 Å². The molecular weight excluding hydrogens is 322 g/mol. The second kappa shape index (κ2) is 6.65. The molecule has 0 unspecified atom stereocenters. The highest BCUT2D eigenvalue weighted by atomic mass is 79.9. The van der Waals surface area contributed by atoms with E-state index in [9.17, 15) is 0 Å². The van der Waals surface area contributed by atoms with E-state index in [1.165, 1.54) is 4.90 Å². The number of methoxy groups -OCH3 is 1. The average molecular weight is 334 g/mol. The monoisotopic (exact) mass is 333 g/mol. The van der Waals surface area contributed by atoms with Crippen LogP contribution in [0.5, 0.6) is 5.75 Å². The summed E-state index contributed by atoms with van der Waals surface area (Å²) in [5.41, 5.74) is 1.70. The molecule has 0 aliphatic carbocycles. The van der Waals surface area contributed by atoms with E-state index in [4.69, 9.17) is 10.00 Å². The van der Waals surface area contributed by atoms with Gasteiger partial charge in [-0.3, -0.25) is 0 Å². The maximum Gasteiger partial charge on any atom is 0.136 e. The number of halogens is 1. The molecule has 0 fully saturated rings. The summed E-state index contributed by atoms with van der Waals surface area (Å²) in [5.74, 6) is 1.46. The molecular formula is C15H12BrNOS. The maximum atomic E-state index is 9.05. The van der Waals surface area contributed by atoms with E-state index in [-0.39, 0.29) is 0 Å². The zero-order valence-electron chi connectivity index (χ0n) is 10.4. The smallest absolute Gasteiger partial charge is 0.136 e. The zero-order chi connectivity index (χ0) is 13.7. The van der Waals surface area contributed by atoms with E-state index < -0.39 is 0 Å². The molecule has 0 aliphatic heterocycles. The lowest BCUT2D eigenvalue weighted by molar-refractivity contribution is 0.413. The quantitative estimate of drug-likeness (QED) is 0.765. The first kappa shape index (κ1) is 14.0. The predicted molar refractivity (Wildman–Crippen MR) is 81.4 cm³/mol. The molecule has 0 aromatic heterocycles. The Hall–Kier alpha value is -1.44. The molecule has 0 heterocycles. The van der Waals surface area contributed by atoms with Crippen LogP contribution in [0, 0.1) is 11.3 Å². The molecule has 0 atom stereocenters. The molecule has 0 N–H and O–H groups in total. The third-order valence-corrected chi connectivity index (χ3v) is 4.22. The number of hydrogen-bond acceptors (Lipinski definition) is 3. The molecule has 2 aromatic rings. The van der Waals surface area contributed by atoms with Gasteiger partial charge in [-0.1, -0.05) is 22.0 Å². The fourth-order valence-corrected chi connectivity index (χ4v) is 2.74. The van der Waals surface area contributed by atoms with Crippen LogP contribution in [0.4, 0.5) is 0 Å². The van der Waals surface area contributed by atoms with E-state index in [0.29, 0.717) is 11.3 Å². The molecule has 0 saturated carbocycles. The van der Waals surface area contributed by atoms with Gasteiger partial charge in [0.1, 0.15) is 11.8 Å². The highest BCUT2D eigenvalue weighted by Crippen LogP contribution is 2.26. The summed E-state index contributed by atoms with van der Waals surface area (Å²) in [6.45, 7) is 0. The second-order valence-electron chi connectivity index (χ2n) is 3.89. The minimum absolute atomic E-state index is 0.580. The summed E-state index contributed by atoms with van der Waals surface area (Å²) in [6.07, 6.45) is 0. The number of nitriles is 1. The van der Waals surface area contributed by atoms with Gasteiger partial charge in [-0.2, -0.15) is 5.26 Å². The van der Waals surface area contributed by atoms with Gasteiger partial charge in [0, 0.05) is 15.1 Å². The van der Waals surface area contributed by atoms with Gasteiger partial charge >= 0.3 is 0 Å². The summed E-state index contributed by atoms with van der Waals surface area (Å²) in [6, 6.07) is 16.1. The van der Waals surface area contributed by atoms with Gasteiger partial charge < -0.3 is 4.74 Å². The number of hydrogen-bond donors (Lipinski definition) is 0. The van der Waals surface area contributed by atoms with Gasteiger partial charge in [-0.05, 0) is 42.0 Å². The van der Waals surface area contributed by atoms with Crippen molar-refractivity contribution in [2.24, 2.45) is 0 Å². The first-order valence-electron chi connectivity index (χ1n) is 5.68. The van der Waals surface area contributed by atoms with Crippen molar-refractivity contribution in [3.05, 3.63) is 58.1 Å². The van der Waals surface area contributed by atoms with Gasteiger partial charge in [0.15, 0.2) is 0 Å². The van der Waals surface area contributed by atoms with E-state index in [1.54, 1.807) is 18.9 Å². The van der Waals surface area contributed by atoms with Crippen LogP contribution < -0.4 is 4.74 Å². The number of thioether (sulfide) groups is 1. The second-order valence-corrected chi connectivity index (χ2v) is 5.85. The van der Waals surface area contributed by atoms with Crippen molar-refractivity contribution >= 4 is 27.7 Å². The fraction of sp³-hybridized carbons (Fsp3) is 0.133. The molecule has 2 nitrogen and oxygen atoms in total. The average Bonchev–Trinajstić information content (AvgIpc) is 2.46. The maximum absolute atomic E-state index is 9.05. The van der Waals surface area contributed by atoms with Gasteiger partial charge in [-0.25, -0.2) is 0 Å². The Morgan fingerprint density at radius 2 is 1.95 bits per heavy atom. The van der Waals surface area contributed by atoms with Crippen molar-refractivity contribution in [1.82, 2.24) is 0 Å². The summed E-state index contributed by atoms with van der Waals surface area (Å²) < 4.78 is 6.21. The largest absolute Gasteiger partial charge is 0.495 e. The standard InChI is InChI=1S/C15H12BrNOS/c1-18-15-7-2-11(8-12(15)9-17)10-19-14-5-3-13(16)4-6-14/h2-8H,10H2,1H3. The lowest BCUT2D eigenvalue weighted by Gasteiger charge is -2.06. The molecule has 0 radical (unpaired) electrons. The topological polar surface area (TPSA) is 33.0 Å². The van der Waals surface area contributed by atoms with Crippen molar-refractivity contribution < 1.29 is 4.74 Å². The third kappa shape index (κ3) is 3.76. The fourth-order valence-electron chi connectivity index (χ4n) is 1.63. The van der Waals surface area contributed by atoms with Gasteiger partial charge in [-0.15, -0.1) is 11.8 Å². The van der Waals surface area contributed by atoms with Gasteiger partial charge in [0.2, 0.25) is 0 Å². The number of rotatable bonds is 4. The SMILES string of the molecule is COc1ccc(CSc2ccc(Br)cc2)cc1C#N. The molecule has 19 heavy (non-hydrogen) atoms. The summed E-state index contributed by atoms with van der Waals surface area (Å²) >= 11 is 5.16.